The Morgan fingerprint density at radius 3 is 2.21 bits per heavy atom. The third-order valence-electron chi connectivity index (χ3n) is 3.41. The van der Waals surface area contributed by atoms with E-state index in [1.54, 1.807) is 0 Å². The van der Waals surface area contributed by atoms with Crippen LogP contribution in [0.3, 0.4) is 0 Å². The zero-order valence-corrected chi connectivity index (χ0v) is 9.42. The van der Waals surface area contributed by atoms with Gasteiger partial charge in [-0.15, -0.1) is 0 Å². The summed E-state index contributed by atoms with van der Waals surface area (Å²) in [7, 11) is 0. The first-order valence-corrected chi connectivity index (χ1v) is 5.72. The summed E-state index contributed by atoms with van der Waals surface area (Å²) in [5.74, 6) is 0. The molecule has 0 unspecified atom stereocenters. The van der Waals surface area contributed by atoms with Gasteiger partial charge in [-0.2, -0.15) is 0 Å². The molecular weight excluding hydrogens is 178 g/mol. The zero-order valence-electron chi connectivity index (χ0n) is 9.42. The summed E-state index contributed by atoms with van der Waals surface area (Å²) in [5.41, 5.74) is 5.75. The highest BCUT2D eigenvalue weighted by Gasteiger charge is 2.38. The van der Waals surface area contributed by atoms with Crippen LogP contribution in [0.15, 0.2) is 0 Å². The molecule has 14 heavy (non-hydrogen) atoms. The minimum Gasteiger partial charge on any atom is -0.350 e. The van der Waals surface area contributed by atoms with E-state index in [1.807, 2.05) is 0 Å². The van der Waals surface area contributed by atoms with Crippen LogP contribution in [0.5, 0.6) is 0 Å². The fourth-order valence-electron chi connectivity index (χ4n) is 2.22. The summed E-state index contributed by atoms with van der Waals surface area (Å²) in [4.78, 5) is 0. The average molecular weight is 201 g/mol. The minimum atomic E-state index is 0.00375. The van der Waals surface area contributed by atoms with Gasteiger partial charge in [0.15, 0.2) is 6.29 Å². The molecule has 0 bridgehead atoms. The van der Waals surface area contributed by atoms with Crippen LogP contribution in [-0.2, 0) is 9.47 Å². The molecule has 0 amide bonds. The molecule has 0 saturated carbocycles. The van der Waals surface area contributed by atoms with Gasteiger partial charge in [-0.1, -0.05) is 13.8 Å². The van der Waals surface area contributed by atoms with Crippen LogP contribution in [0.2, 0.25) is 0 Å². The molecule has 0 radical (unpaired) electrons. The van der Waals surface area contributed by atoms with E-state index in [1.165, 1.54) is 0 Å². The van der Waals surface area contributed by atoms with Gasteiger partial charge in [0.1, 0.15) is 0 Å². The zero-order chi connectivity index (χ0) is 10.4. The standard InChI is InChI=1S/C11H23NO2/c1-3-11(4-2,6-5-7-12)10-13-8-9-14-10/h10H,3-9,12H2,1-2H3. The summed E-state index contributed by atoms with van der Waals surface area (Å²) in [6.07, 6.45) is 4.39. The monoisotopic (exact) mass is 201 g/mol. The van der Waals surface area contributed by atoms with E-state index in [-0.39, 0.29) is 11.7 Å². The van der Waals surface area contributed by atoms with Gasteiger partial charge in [-0.25, -0.2) is 0 Å². The summed E-state index contributed by atoms with van der Waals surface area (Å²) < 4.78 is 11.3. The topological polar surface area (TPSA) is 44.5 Å². The molecule has 0 aromatic rings. The van der Waals surface area contributed by atoms with Crippen molar-refractivity contribution in [3.05, 3.63) is 0 Å². The van der Waals surface area contributed by atoms with Crippen LogP contribution in [0, 0.1) is 5.41 Å². The molecule has 1 fully saturated rings. The Morgan fingerprint density at radius 2 is 1.79 bits per heavy atom. The smallest absolute Gasteiger partial charge is 0.163 e. The van der Waals surface area contributed by atoms with Gasteiger partial charge in [0.2, 0.25) is 0 Å². The molecule has 1 saturated heterocycles. The van der Waals surface area contributed by atoms with E-state index in [0.29, 0.717) is 0 Å². The van der Waals surface area contributed by atoms with Crippen LogP contribution < -0.4 is 5.73 Å². The molecule has 84 valence electrons. The van der Waals surface area contributed by atoms with Crippen LogP contribution in [0.4, 0.5) is 0 Å². The summed E-state index contributed by atoms with van der Waals surface area (Å²) in [6.45, 7) is 6.68. The summed E-state index contributed by atoms with van der Waals surface area (Å²) >= 11 is 0. The molecule has 1 aliphatic heterocycles. The number of hydrogen-bond donors (Lipinski definition) is 1. The Bertz CT molecular complexity index is 151. The Hall–Kier alpha value is -0.120. The van der Waals surface area contributed by atoms with Crippen molar-refractivity contribution in [2.75, 3.05) is 19.8 Å². The van der Waals surface area contributed by atoms with E-state index in [4.69, 9.17) is 15.2 Å². The highest BCUT2D eigenvalue weighted by atomic mass is 16.7. The lowest BCUT2D eigenvalue weighted by Gasteiger charge is -2.35. The Balaban J connectivity index is 2.57. The first kappa shape index (κ1) is 12.0. The largest absolute Gasteiger partial charge is 0.350 e. The molecule has 0 spiro atoms. The molecule has 1 aliphatic rings. The Kier molecular flexibility index (Phi) is 4.85. The van der Waals surface area contributed by atoms with Crippen molar-refractivity contribution in [3.63, 3.8) is 0 Å². The molecule has 0 aliphatic carbocycles. The van der Waals surface area contributed by atoms with Crippen molar-refractivity contribution in [2.24, 2.45) is 11.1 Å². The lowest BCUT2D eigenvalue weighted by Crippen LogP contribution is -2.35. The first-order valence-electron chi connectivity index (χ1n) is 5.72. The number of nitrogens with two attached hydrogens (primary N) is 1. The SMILES string of the molecule is CCC(CC)(CCCN)C1OCCO1. The highest BCUT2D eigenvalue weighted by molar-refractivity contribution is 4.82. The van der Waals surface area contributed by atoms with Crippen LogP contribution in [0.25, 0.3) is 0 Å². The van der Waals surface area contributed by atoms with Gasteiger partial charge in [-0.3, -0.25) is 0 Å². The van der Waals surface area contributed by atoms with Gasteiger partial charge in [0.05, 0.1) is 13.2 Å². The van der Waals surface area contributed by atoms with Crippen LogP contribution in [0.1, 0.15) is 39.5 Å². The maximum absolute atomic E-state index is 5.63. The predicted octanol–water partition coefficient (Wildman–Crippen LogP) is 1.90. The second kappa shape index (κ2) is 5.69. The third-order valence-corrected chi connectivity index (χ3v) is 3.41. The molecule has 1 heterocycles. The molecule has 0 aromatic heterocycles. The molecule has 0 atom stereocenters. The predicted molar refractivity (Wildman–Crippen MR) is 57.0 cm³/mol. The van der Waals surface area contributed by atoms with Crippen molar-refractivity contribution in [3.8, 4) is 0 Å². The number of ether oxygens (including phenoxy) is 2. The van der Waals surface area contributed by atoms with Crippen molar-refractivity contribution in [1.82, 2.24) is 0 Å². The molecular formula is C11H23NO2. The van der Waals surface area contributed by atoms with Crippen molar-refractivity contribution >= 4 is 0 Å². The molecule has 0 aromatic carbocycles. The quantitative estimate of drug-likeness (QED) is 0.714. The third kappa shape index (κ3) is 2.47. The Labute approximate surface area is 86.9 Å². The summed E-state index contributed by atoms with van der Waals surface area (Å²) in [6, 6.07) is 0. The maximum atomic E-state index is 5.63. The van der Waals surface area contributed by atoms with E-state index < -0.39 is 0 Å². The van der Waals surface area contributed by atoms with Gasteiger partial charge >= 0.3 is 0 Å². The van der Waals surface area contributed by atoms with Gasteiger partial charge in [-0.05, 0) is 32.2 Å². The minimum absolute atomic E-state index is 0.00375. The lowest BCUT2D eigenvalue weighted by molar-refractivity contribution is -0.140. The molecule has 3 nitrogen and oxygen atoms in total. The fraction of sp³-hybridized carbons (Fsp3) is 1.00. The normalized spacial score (nSPS) is 19.1. The number of hydrogen-bond acceptors (Lipinski definition) is 3. The van der Waals surface area contributed by atoms with E-state index >= 15 is 0 Å². The maximum Gasteiger partial charge on any atom is 0.163 e. The second-order valence-corrected chi connectivity index (χ2v) is 4.04. The molecule has 2 N–H and O–H groups in total. The van der Waals surface area contributed by atoms with E-state index in [9.17, 15) is 0 Å². The van der Waals surface area contributed by atoms with Gasteiger partial charge < -0.3 is 15.2 Å². The van der Waals surface area contributed by atoms with Gasteiger partial charge in [0, 0.05) is 5.41 Å². The van der Waals surface area contributed by atoms with Crippen molar-refractivity contribution in [1.29, 1.82) is 0 Å². The van der Waals surface area contributed by atoms with Crippen LogP contribution in [-0.4, -0.2) is 26.0 Å². The summed E-state index contributed by atoms with van der Waals surface area (Å²) in [5, 5.41) is 0. The van der Waals surface area contributed by atoms with Crippen LogP contribution >= 0.6 is 0 Å². The van der Waals surface area contributed by atoms with Gasteiger partial charge in [0.25, 0.3) is 0 Å². The second-order valence-electron chi connectivity index (χ2n) is 4.04. The first-order chi connectivity index (χ1) is 6.79. The van der Waals surface area contributed by atoms with E-state index in [2.05, 4.69) is 13.8 Å². The van der Waals surface area contributed by atoms with Crippen molar-refractivity contribution in [2.45, 2.75) is 45.8 Å². The average Bonchev–Trinajstić information content (AvgIpc) is 2.74. The Morgan fingerprint density at radius 1 is 1.21 bits per heavy atom. The number of rotatable bonds is 6. The van der Waals surface area contributed by atoms with Crippen molar-refractivity contribution < 1.29 is 9.47 Å². The fourth-order valence-corrected chi connectivity index (χ4v) is 2.22. The lowest BCUT2D eigenvalue weighted by atomic mass is 9.77. The highest BCUT2D eigenvalue weighted by Crippen LogP contribution is 2.39. The van der Waals surface area contributed by atoms with E-state index in [0.717, 1.165) is 45.4 Å². The molecule has 3 heteroatoms. The molecule has 1 rings (SSSR count).